The second-order valence-corrected chi connectivity index (χ2v) is 18.5. The molecule has 0 fully saturated rings. The fourth-order valence-electron chi connectivity index (χ4n) is 5.74. The summed E-state index contributed by atoms with van der Waals surface area (Å²) in [7, 11) is -18.1. The fourth-order valence-corrected chi connectivity index (χ4v) is 9.50. The number of nitrogens with one attached hydrogen (secondary N) is 4. The Kier molecular flexibility index (Phi) is 10.1. The molecule has 8 N–H and O–H groups in total. The van der Waals surface area contributed by atoms with E-state index in [9.17, 15) is 57.8 Å². The van der Waals surface area contributed by atoms with E-state index in [4.69, 9.17) is 0 Å². The molecular formula is C35H30N4O13S4. The van der Waals surface area contributed by atoms with E-state index in [0.717, 1.165) is 48.5 Å². The van der Waals surface area contributed by atoms with Gasteiger partial charge in [0.05, 0.1) is 31.0 Å². The minimum atomic E-state index is -4.57. The topological polar surface area (TPSA) is 283 Å². The van der Waals surface area contributed by atoms with Crippen LogP contribution >= 0.6 is 0 Å². The van der Waals surface area contributed by atoms with Crippen molar-refractivity contribution in [3.05, 3.63) is 108 Å². The van der Waals surface area contributed by atoms with Crippen LogP contribution in [0.2, 0.25) is 0 Å². The van der Waals surface area contributed by atoms with E-state index in [0.29, 0.717) is 0 Å². The number of hydrogen-bond acceptors (Lipinski definition) is 11. The maximum atomic E-state index is 13.6. The molecule has 2 amide bonds. The zero-order valence-corrected chi connectivity index (χ0v) is 32.1. The normalized spacial score (nSPS) is 12.4. The quantitative estimate of drug-likeness (QED) is 0.0602. The Bertz CT molecular complexity index is 2880. The number of phenols is 2. The summed E-state index contributed by atoms with van der Waals surface area (Å²) in [4.78, 5) is 11.6. The largest absolute Gasteiger partial charge is 0.506 e. The van der Waals surface area contributed by atoms with Crippen LogP contribution in [-0.2, 0) is 40.3 Å². The Morgan fingerprint density at radius 3 is 1.23 bits per heavy atom. The highest BCUT2D eigenvalue weighted by Crippen LogP contribution is 2.37. The Morgan fingerprint density at radius 2 is 0.875 bits per heavy atom. The number of aromatic hydroxyl groups is 2. The summed E-state index contributed by atoms with van der Waals surface area (Å²) >= 11 is 0. The molecule has 17 nitrogen and oxygen atoms in total. The Labute approximate surface area is 320 Å². The maximum absolute atomic E-state index is 13.6. The van der Waals surface area contributed by atoms with Crippen LogP contribution in [0.25, 0.3) is 21.5 Å². The molecule has 56 heavy (non-hydrogen) atoms. The average molecular weight is 843 g/mol. The number of phenolic OH excluding ortho intramolecular Hbond substituents is 2. The van der Waals surface area contributed by atoms with Crippen LogP contribution in [0.5, 0.6) is 11.5 Å². The number of urea groups is 1. The van der Waals surface area contributed by atoms with Gasteiger partial charge >= 0.3 is 6.03 Å². The van der Waals surface area contributed by atoms with E-state index in [1.165, 1.54) is 62.4 Å². The van der Waals surface area contributed by atoms with Crippen molar-refractivity contribution >= 4 is 90.6 Å². The fraction of sp³-hybridized carbons (Fsp3) is 0.0571. The van der Waals surface area contributed by atoms with E-state index in [2.05, 4.69) is 20.1 Å². The second kappa shape index (κ2) is 14.3. The van der Waals surface area contributed by atoms with Gasteiger partial charge in [-0.1, -0.05) is 36.4 Å². The lowest BCUT2D eigenvalue weighted by Gasteiger charge is -2.16. The minimum Gasteiger partial charge on any atom is -0.506 e. The molecule has 292 valence electrons. The molecule has 0 aromatic heterocycles. The summed E-state index contributed by atoms with van der Waals surface area (Å²) in [6.07, 6.45) is 0. The van der Waals surface area contributed by atoms with E-state index in [1.54, 1.807) is 0 Å². The third-order valence-electron chi connectivity index (χ3n) is 8.48. The Hall–Kier alpha value is -5.97. The predicted molar refractivity (Wildman–Crippen MR) is 207 cm³/mol. The first-order chi connectivity index (χ1) is 26.0. The zero-order valence-electron chi connectivity index (χ0n) is 28.8. The number of fused-ring (bicyclic) bond motifs is 2. The molecule has 0 aliphatic carbocycles. The number of carbonyl (C=O) groups excluding carboxylic acids is 1. The van der Waals surface area contributed by atoms with Crippen LogP contribution in [0.3, 0.4) is 0 Å². The van der Waals surface area contributed by atoms with Crippen molar-refractivity contribution in [2.45, 2.75) is 33.4 Å². The molecule has 0 bridgehead atoms. The van der Waals surface area contributed by atoms with Crippen LogP contribution in [-0.4, -0.2) is 59.0 Å². The average Bonchev–Trinajstić information content (AvgIpc) is 3.11. The number of sulfonamides is 2. The van der Waals surface area contributed by atoms with E-state index in [1.807, 2.05) is 0 Å². The van der Waals surface area contributed by atoms with Crippen molar-refractivity contribution in [3.63, 3.8) is 0 Å². The molecule has 6 aromatic rings. The standard InChI is InChI=1S/C35H30N4O13S4/c1-19-3-7-23(17-31(19)53(43,44)38-33-27-11-9-25(55(47,48)49)15-21(27)5-13-29(33)40)36-35(42)37-24-8-4-20(2)32(18-24)54(45,46)39-34-28-12-10-26(56(50,51)52)16-22(28)6-14-30(34)41/h3-18,38-41H,1-2H3,(H2,36,37,42)(H,47,48,49)(H,50,51,52). The highest BCUT2D eigenvalue weighted by molar-refractivity contribution is 7.93. The lowest BCUT2D eigenvalue weighted by Crippen LogP contribution is -2.21. The van der Waals surface area contributed by atoms with Gasteiger partial charge in [0, 0.05) is 22.1 Å². The summed E-state index contributed by atoms with van der Waals surface area (Å²) in [5.41, 5.74) is -0.0668. The minimum absolute atomic E-state index is 0.00128. The number of aryl methyl sites for hydroxylation is 2. The molecule has 0 aliphatic heterocycles. The van der Waals surface area contributed by atoms with Gasteiger partial charge in [0.15, 0.2) is 0 Å². The van der Waals surface area contributed by atoms with Crippen molar-refractivity contribution in [1.29, 1.82) is 0 Å². The number of rotatable bonds is 10. The lowest BCUT2D eigenvalue weighted by molar-refractivity contribution is 0.262. The molecule has 0 saturated carbocycles. The van der Waals surface area contributed by atoms with E-state index >= 15 is 0 Å². The van der Waals surface area contributed by atoms with Crippen LogP contribution < -0.4 is 20.1 Å². The Morgan fingerprint density at radius 1 is 0.500 bits per heavy atom. The second-order valence-electron chi connectivity index (χ2n) is 12.4. The van der Waals surface area contributed by atoms with Crippen LogP contribution in [0.4, 0.5) is 27.5 Å². The summed E-state index contributed by atoms with van der Waals surface area (Å²) in [5.74, 6) is -0.963. The molecule has 0 unspecified atom stereocenters. The first-order valence-electron chi connectivity index (χ1n) is 15.8. The molecule has 6 rings (SSSR count). The molecular weight excluding hydrogens is 813 g/mol. The van der Waals surface area contributed by atoms with Gasteiger partial charge in [0.1, 0.15) is 11.5 Å². The zero-order chi connectivity index (χ0) is 41.0. The molecule has 6 aromatic carbocycles. The van der Waals surface area contributed by atoms with Crippen LogP contribution in [0, 0.1) is 13.8 Å². The summed E-state index contributed by atoms with van der Waals surface area (Å²) < 4.78 is 124. The van der Waals surface area contributed by atoms with Crippen molar-refractivity contribution in [3.8, 4) is 11.5 Å². The summed E-state index contributed by atoms with van der Waals surface area (Å²) in [6, 6.07) is 18.6. The first-order valence-corrected chi connectivity index (χ1v) is 21.7. The number of benzene rings is 6. The van der Waals surface area contributed by atoms with Gasteiger partial charge in [0.25, 0.3) is 40.3 Å². The van der Waals surface area contributed by atoms with Gasteiger partial charge < -0.3 is 20.8 Å². The molecule has 0 radical (unpaired) electrons. The number of amides is 2. The van der Waals surface area contributed by atoms with Crippen LogP contribution in [0.1, 0.15) is 11.1 Å². The van der Waals surface area contributed by atoms with Crippen molar-refractivity contribution in [2.75, 3.05) is 20.1 Å². The molecule has 21 heteroatoms. The van der Waals surface area contributed by atoms with Crippen molar-refractivity contribution in [1.82, 2.24) is 0 Å². The third kappa shape index (κ3) is 8.17. The maximum Gasteiger partial charge on any atom is 0.323 e. The van der Waals surface area contributed by atoms with Gasteiger partial charge in [-0.2, -0.15) is 16.8 Å². The highest BCUT2D eigenvalue weighted by Gasteiger charge is 2.24. The molecule has 0 atom stereocenters. The molecule has 0 heterocycles. The van der Waals surface area contributed by atoms with E-state index in [-0.39, 0.29) is 65.2 Å². The third-order valence-corrected chi connectivity index (χ3v) is 13.2. The smallest absolute Gasteiger partial charge is 0.323 e. The lowest BCUT2D eigenvalue weighted by atomic mass is 10.1. The van der Waals surface area contributed by atoms with Gasteiger partial charge in [-0.15, -0.1) is 0 Å². The van der Waals surface area contributed by atoms with Gasteiger partial charge in [0.2, 0.25) is 0 Å². The SMILES string of the molecule is Cc1ccc(NC(=O)Nc2ccc(C)c(S(=O)(=O)Nc3c(O)ccc4cc(S(=O)(=O)O)ccc34)c2)cc1S(=O)(=O)Nc1c(O)ccc2cc(S(=O)(=O)O)ccc12. The molecule has 0 saturated heterocycles. The number of anilines is 4. The number of hydrogen-bond donors (Lipinski definition) is 8. The van der Waals surface area contributed by atoms with Gasteiger partial charge in [-0.05, 0) is 96.4 Å². The van der Waals surface area contributed by atoms with Gasteiger partial charge in [-0.25, -0.2) is 21.6 Å². The molecule has 0 spiro atoms. The van der Waals surface area contributed by atoms with Crippen molar-refractivity contribution in [2.24, 2.45) is 0 Å². The van der Waals surface area contributed by atoms with E-state index < -0.39 is 67.6 Å². The van der Waals surface area contributed by atoms with Crippen molar-refractivity contribution < 1.29 is 57.8 Å². The summed E-state index contributed by atoms with van der Waals surface area (Å²) in [5, 5.41) is 26.6. The summed E-state index contributed by atoms with van der Waals surface area (Å²) in [6.45, 7) is 2.97. The predicted octanol–water partition coefficient (Wildman–Crippen LogP) is 5.76. The monoisotopic (exact) mass is 842 g/mol. The Balaban J connectivity index is 1.23. The first kappa shape index (κ1) is 39.7. The van der Waals surface area contributed by atoms with Crippen LogP contribution in [0.15, 0.2) is 117 Å². The number of carbonyl (C=O) groups is 1. The molecule has 0 aliphatic rings. The highest BCUT2D eigenvalue weighted by atomic mass is 32.2. The van der Waals surface area contributed by atoms with Gasteiger partial charge in [-0.3, -0.25) is 18.5 Å².